The van der Waals surface area contributed by atoms with Gasteiger partial charge in [0.1, 0.15) is 37.1 Å². The van der Waals surface area contributed by atoms with Gasteiger partial charge in [0.2, 0.25) is 0 Å². The molecule has 1 heterocycles. The second-order valence-electron chi connectivity index (χ2n) is 7.91. The van der Waals surface area contributed by atoms with Gasteiger partial charge in [0.25, 0.3) is 0 Å². The molecule has 0 aromatic heterocycles. The first-order valence-electron chi connectivity index (χ1n) is 11.8. The lowest BCUT2D eigenvalue weighted by Crippen LogP contribution is -2.59. The predicted molar refractivity (Wildman–Crippen MR) is 127 cm³/mol. The van der Waals surface area contributed by atoms with Crippen LogP contribution in [0.2, 0.25) is 0 Å². The van der Waals surface area contributed by atoms with E-state index in [4.69, 9.17) is 19.3 Å². The van der Waals surface area contributed by atoms with Crippen molar-refractivity contribution in [2.45, 2.75) is 82.3 Å². The number of hydrogen-bond donors (Lipinski definition) is 5. The van der Waals surface area contributed by atoms with Crippen molar-refractivity contribution in [3.05, 3.63) is 48.6 Å². The van der Waals surface area contributed by atoms with Gasteiger partial charge in [-0.1, -0.05) is 55.5 Å². The summed E-state index contributed by atoms with van der Waals surface area (Å²) in [6.45, 7) is 0.890. The molecule has 1 saturated heterocycles. The average Bonchev–Trinajstić information content (AvgIpc) is 2.83. The molecular formula is C25H40O9. The molecule has 0 amide bonds. The molecule has 1 fully saturated rings. The van der Waals surface area contributed by atoms with Gasteiger partial charge >= 0.3 is 5.97 Å². The summed E-state index contributed by atoms with van der Waals surface area (Å²) in [5.74, 6) is -0.464. The van der Waals surface area contributed by atoms with Crippen LogP contribution in [-0.4, -0.2) is 88.1 Å². The summed E-state index contributed by atoms with van der Waals surface area (Å²) in [6, 6.07) is 0. The molecule has 9 nitrogen and oxygen atoms in total. The first-order valence-corrected chi connectivity index (χ1v) is 11.8. The number of rotatable bonds is 16. The average molecular weight is 485 g/mol. The maximum absolute atomic E-state index is 11.8. The number of hydrogen-bond acceptors (Lipinski definition) is 9. The zero-order valence-electron chi connectivity index (χ0n) is 19.8. The van der Waals surface area contributed by atoms with Crippen molar-refractivity contribution in [3.63, 3.8) is 0 Å². The number of esters is 1. The van der Waals surface area contributed by atoms with Crippen LogP contribution >= 0.6 is 0 Å². The van der Waals surface area contributed by atoms with Gasteiger partial charge in [-0.3, -0.25) is 4.79 Å². The van der Waals surface area contributed by atoms with E-state index < -0.39 is 49.4 Å². The van der Waals surface area contributed by atoms with Crippen molar-refractivity contribution in [1.82, 2.24) is 0 Å². The second kappa shape index (κ2) is 18.5. The zero-order chi connectivity index (χ0) is 25.2. The van der Waals surface area contributed by atoms with E-state index in [2.05, 4.69) is 43.4 Å². The molecule has 0 aliphatic carbocycles. The van der Waals surface area contributed by atoms with Gasteiger partial charge < -0.3 is 39.7 Å². The second-order valence-corrected chi connectivity index (χ2v) is 7.91. The maximum atomic E-state index is 11.8. The van der Waals surface area contributed by atoms with Gasteiger partial charge in [0.05, 0.1) is 13.2 Å². The Morgan fingerprint density at radius 3 is 2.06 bits per heavy atom. The lowest BCUT2D eigenvalue weighted by atomic mass is 9.99. The number of allylic oxidation sites excluding steroid dienone is 8. The summed E-state index contributed by atoms with van der Waals surface area (Å²) < 4.78 is 15.4. The van der Waals surface area contributed by atoms with Gasteiger partial charge in [-0.15, -0.1) is 0 Å². The van der Waals surface area contributed by atoms with Crippen LogP contribution in [0.5, 0.6) is 0 Å². The molecule has 0 saturated carbocycles. The van der Waals surface area contributed by atoms with E-state index in [0.29, 0.717) is 6.42 Å². The van der Waals surface area contributed by atoms with Crippen LogP contribution in [0.15, 0.2) is 48.6 Å². The molecule has 5 N–H and O–H groups in total. The summed E-state index contributed by atoms with van der Waals surface area (Å²) in [4.78, 5) is 11.8. The van der Waals surface area contributed by atoms with E-state index in [1.807, 2.05) is 12.2 Å². The lowest BCUT2D eigenvalue weighted by molar-refractivity contribution is -0.305. The Morgan fingerprint density at radius 1 is 0.882 bits per heavy atom. The third-order valence-corrected chi connectivity index (χ3v) is 4.97. The van der Waals surface area contributed by atoms with E-state index in [1.165, 1.54) is 0 Å². The first kappa shape index (κ1) is 30.2. The summed E-state index contributed by atoms with van der Waals surface area (Å²) in [6.07, 6.45) is 12.7. The molecule has 0 aromatic carbocycles. The van der Waals surface area contributed by atoms with Crippen molar-refractivity contribution in [1.29, 1.82) is 0 Å². The highest BCUT2D eigenvalue weighted by atomic mass is 16.7. The van der Waals surface area contributed by atoms with Crippen LogP contribution in [0.4, 0.5) is 0 Å². The van der Waals surface area contributed by atoms with E-state index >= 15 is 0 Å². The van der Waals surface area contributed by atoms with Crippen molar-refractivity contribution in [2.75, 3.05) is 19.8 Å². The van der Waals surface area contributed by atoms with E-state index in [9.17, 15) is 25.2 Å². The number of aliphatic hydroxyl groups is 5. The standard InChI is InChI=1S/C25H40O9/c1-2-3-4-5-6-7-8-9-10-11-12-13-14-15-21(28)32-17-19(27)18-33-25-24(31)23(30)22(29)20(16-26)34-25/h3-4,6-7,9-10,12-13,19-20,22-27,29-31H,2,5,8,11,14-18H2,1H3/b4-3+,7-6+,10-9+,13-12+/t19-,20-,22+,23+,24-,25-/m1/s1. The molecule has 0 spiro atoms. The smallest absolute Gasteiger partial charge is 0.306 e. The number of carbonyl (C=O) groups is 1. The minimum atomic E-state index is -1.57. The van der Waals surface area contributed by atoms with E-state index in [-0.39, 0.29) is 19.6 Å². The molecule has 1 aliphatic heterocycles. The van der Waals surface area contributed by atoms with E-state index in [0.717, 1.165) is 25.7 Å². The van der Waals surface area contributed by atoms with Gasteiger partial charge in [-0.2, -0.15) is 0 Å². The lowest BCUT2D eigenvalue weighted by Gasteiger charge is -2.39. The number of aliphatic hydroxyl groups excluding tert-OH is 5. The molecule has 0 radical (unpaired) electrons. The van der Waals surface area contributed by atoms with Gasteiger partial charge in [0, 0.05) is 6.42 Å². The number of carbonyl (C=O) groups excluding carboxylic acids is 1. The Hall–Kier alpha value is -1.85. The highest BCUT2D eigenvalue weighted by Gasteiger charge is 2.44. The Morgan fingerprint density at radius 2 is 1.47 bits per heavy atom. The summed E-state index contributed by atoms with van der Waals surface area (Å²) in [5.41, 5.74) is 0. The van der Waals surface area contributed by atoms with Gasteiger partial charge in [-0.25, -0.2) is 0 Å². The predicted octanol–water partition coefficient (Wildman–Crippen LogP) is 1.29. The summed E-state index contributed by atoms with van der Waals surface area (Å²) in [5, 5.41) is 48.4. The third kappa shape index (κ3) is 12.6. The van der Waals surface area contributed by atoms with Gasteiger partial charge in [0.15, 0.2) is 6.29 Å². The number of ether oxygens (including phenoxy) is 3. The topological polar surface area (TPSA) is 146 Å². The SMILES string of the molecule is CC/C=C/C/C=C/C/C=C/C/C=C/CCC(=O)OC[C@@H](O)CO[C@@H]1O[C@H](CO)[C@H](O)[C@H](O)[C@H]1O. The highest BCUT2D eigenvalue weighted by Crippen LogP contribution is 2.22. The quantitative estimate of drug-likeness (QED) is 0.162. The Balaban J connectivity index is 2.13. The van der Waals surface area contributed by atoms with Crippen molar-refractivity contribution in [3.8, 4) is 0 Å². The third-order valence-electron chi connectivity index (χ3n) is 4.97. The molecule has 6 atom stereocenters. The fourth-order valence-corrected chi connectivity index (χ4v) is 3.02. The summed E-state index contributed by atoms with van der Waals surface area (Å²) in [7, 11) is 0. The zero-order valence-corrected chi connectivity index (χ0v) is 19.8. The largest absolute Gasteiger partial charge is 0.463 e. The first-order chi connectivity index (χ1) is 16.4. The summed E-state index contributed by atoms with van der Waals surface area (Å²) >= 11 is 0. The van der Waals surface area contributed by atoms with Crippen molar-refractivity contribution < 1.29 is 44.5 Å². The molecule has 194 valence electrons. The van der Waals surface area contributed by atoms with Crippen LogP contribution in [0.25, 0.3) is 0 Å². The minimum absolute atomic E-state index is 0.175. The fraction of sp³-hybridized carbons (Fsp3) is 0.640. The van der Waals surface area contributed by atoms with E-state index in [1.54, 1.807) is 0 Å². The Kier molecular flexibility index (Phi) is 16.4. The molecule has 0 unspecified atom stereocenters. The highest BCUT2D eigenvalue weighted by molar-refractivity contribution is 5.69. The maximum Gasteiger partial charge on any atom is 0.306 e. The molecule has 0 aromatic rings. The van der Waals surface area contributed by atoms with Crippen LogP contribution in [0.1, 0.15) is 45.4 Å². The van der Waals surface area contributed by atoms with Crippen LogP contribution < -0.4 is 0 Å². The Labute approximate surface area is 201 Å². The Bertz CT molecular complexity index is 657. The molecule has 9 heteroatoms. The molecule has 1 aliphatic rings. The normalized spacial score (nSPS) is 26.8. The van der Waals surface area contributed by atoms with Crippen LogP contribution in [0, 0.1) is 0 Å². The van der Waals surface area contributed by atoms with Gasteiger partial charge in [-0.05, 0) is 32.1 Å². The minimum Gasteiger partial charge on any atom is -0.463 e. The van der Waals surface area contributed by atoms with Crippen molar-refractivity contribution in [2.24, 2.45) is 0 Å². The van der Waals surface area contributed by atoms with Crippen LogP contribution in [0.3, 0.4) is 0 Å². The molecular weight excluding hydrogens is 444 g/mol. The monoisotopic (exact) mass is 484 g/mol. The van der Waals surface area contributed by atoms with Crippen molar-refractivity contribution >= 4 is 5.97 Å². The molecule has 1 rings (SSSR count). The fourth-order valence-electron chi connectivity index (χ4n) is 3.02. The van der Waals surface area contributed by atoms with Crippen LogP contribution in [-0.2, 0) is 19.0 Å². The molecule has 34 heavy (non-hydrogen) atoms. The molecule has 0 bridgehead atoms.